The van der Waals surface area contributed by atoms with Crippen LogP contribution in [0.1, 0.15) is 26.7 Å². The summed E-state index contributed by atoms with van der Waals surface area (Å²) in [6.45, 7) is 4.32. The van der Waals surface area contributed by atoms with E-state index in [9.17, 15) is 4.79 Å². The van der Waals surface area contributed by atoms with Crippen LogP contribution >= 0.6 is 0 Å². The van der Waals surface area contributed by atoms with Gasteiger partial charge < -0.3 is 16.4 Å². The van der Waals surface area contributed by atoms with Crippen molar-refractivity contribution in [3.8, 4) is 0 Å². The highest BCUT2D eigenvalue weighted by atomic mass is 16.1. The maximum absolute atomic E-state index is 11.2. The monoisotopic (exact) mass is 185 g/mol. The van der Waals surface area contributed by atoms with Crippen LogP contribution in [0.2, 0.25) is 0 Å². The Morgan fingerprint density at radius 1 is 1.54 bits per heavy atom. The molecule has 4 heteroatoms. The summed E-state index contributed by atoms with van der Waals surface area (Å²) in [5.41, 5.74) is 5.62. The first-order valence-corrected chi connectivity index (χ1v) is 4.86. The molecule has 0 aromatic carbocycles. The van der Waals surface area contributed by atoms with Crippen molar-refractivity contribution >= 4 is 5.91 Å². The van der Waals surface area contributed by atoms with Crippen molar-refractivity contribution in [1.29, 1.82) is 0 Å². The van der Waals surface area contributed by atoms with E-state index in [-0.39, 0.29) is 11.9 Å². The third-order valence-electron chi connectivity index (χ3n) is 2.18. The van der Waals surface area contributed by atoms with Crippen LogP contribution in [0.25, 0.3) is 0 Å². The molecule has 0 atom stereocenters. The Morgan fingerprint density at radius 3 is 2.62 bits per heavy atom. The Morgan fingerprint density at radius 2 is 2.15 bits per heavy atom. The minimum absolute atomic E-state index is 0.0653. The predicted molar refractivity (Wildman–Crippen MR) is 52.3 cm³/mol. The van der Waals surface area contributed by atoms with E-state index in [2.05, 4.69) is 10.6 Å². The molecule has 0 unspecified atom stereocenters. The van der Waals surface area contributed by atoms with Crippen molar-refractivity contribution in [2.75, 3.05) is 6.54 Å². The van der Waals surface area contributed by atoms with Crippen LogP contribution in [0.4, 0.5) is 0 Å². The minimum Gasteiger partial charge on any atom is -0.353 e. The van der Waals surface area contributed by atoms with Gasteiger partial charge in [0.25, 0.3) is 0 Å². The largest absolute Gasteiger partial charge is 0.353 e. The van der Waals surface area contributed by atoms with E-state index in [0.717, 1.165) is 12.8 Å². The molecule has 76 valence electrons. The number of carbonyl (C=O) groups excluding carboxylic acids is 1. The Hall–Kier alpha value is -0.610. The van der Waals surface area contributed by atoms with Gasteiger partial charge in [-0.3, -0.25) is 4.79 Å². The number of carbonyl (C=O) groups is 1. The van der Waals surface area contributed by atoms with E-state index >= 15 is 0 Å². The van der Waals surface area contributed by atoms with Crippen molar-refractivity contribution in [3.05, 3.63) is 0 Å². The van der Waals surface area contributed by atoms with Crippen LogP contribution in [0.5, 0.6) is 0 Å². The number of hydrogen-bond donors (Lipinski definition) is 3. The SMILES string of the molecule is CC(C)NC(=O)CNC1CC(N)C1. The number of hydrogen-bond acceptors (Lipinski definition) is 3. The Balaban J connectivity index is 2.02. The summed E-state index contributed by atoms with van der Waals surface area (Å²) in [4.78, 5) is 11.2. The Labute approximate surface area is 79.3 Å². The number of nitrogens with one attached hydrogen (secondary N) is 2. The molecule has 1 aliphatic carbocycles. The van der Waals surface area contributed by atoms with E-state index in [0.29, 0.717) is 18.6 Å². The second kappa shape index (κ2) is 4.58. The molecule has 1 fully saturated rings. The third-order valence-corrected chi connectivity index (χ3v) is 2.18. The average molecular weight is 185 g/mol. The van der Waals surface area contributed by atoms with Gasteiger partial charge in [-0.2, -0.15) is 0 Å². The fourth-order valence-corrected chi connectivity index (χ4v) is 1.44. The van der Waals surface area contributed by atoms with Gasteiger partial charge in [-0.1, -0.05) is 0 Å². The molecule has 0 aromatic heterocycles. The van der Waals surface area contributed by atoms with Gasteiger partial charge in [0.1, 0.15) is 0 Å². The molecule has 4 N–H and O–H groups in total. The van der Waals surface area contributed by atoms with Crippen LogP contribution in [0.3, 0.4) is 0 Å². The van der Waals surface area contributed by atoms with Gasteiger partial charge >= 0.3 is 0 Å². The quantitative estimate of drug-likeness (QED) is 0.558. The maximum Gasteiger partial charge on any atom is 0.234 e. The van der Waals surface area contributed by atoms with Gasteiger partial charge in [-0.15, -0.1) is 0 Å². The molecule has 1 rings (SSSR count). The summed E-state index contributed by atoms with van der Waals surface area (Å²) in [6.07, 6.45) is 1.99. The Bertz CT molecular complexity index is 176. The third kappa shape index (κ3) is 3.74. The molecule has 1 saturated carbocycles. The van der Waals surface area contributed by atoms with Crippen LogP contribution in [-0.4, -0.2) is 30.6 Å². The standard InChI is InChI=1S/C9H19N3O/c1-6(2)12-9(13)5-11-8-3-7(10)4-8/h6-8,11H,3-5,10H2,1-2H3,(H,12,13). The summed E-state index contributed by atoms with van der Waals surface area (Å²) >= 11 is 0. The molecule has 1 aliphatic rings. The summed E-state index contributed by atoms with van der Waals surface area (Å²) in [5.74, 6) is 0.0653. The molecule has 0 heterocycles. The van der Waals surface area contributed by atoms with E-state index in [1.165, 1.54) is 0 Å². The van der Waals surface area contributed by atoms with Crippen LogP contribution in [-0.2, 0) is 4.79 Å². The minimum atomic E-state index is 0.0653. The normalized spacial score (nSPS) is 27.1. The van der Waals surface area contributed by atoms with E-state index < -0.39 is 0 Å². The fourth-order valence-electron chi connectivity index (χ4n) is 1.44. The summed E-state index contributed by atoms with van der Waals surface area (Å²) in [7, 11) is 0. The van der Waals surface area contributed by atoms with Crippen LogP contribution < -0.4 is 16.4 Å². The first-order chi connectivity index (χ1) is 6.08. The predicted octanol–water partition coefficient (Wildman–Crippen LogP) is -0.410. The van der Waals surface area contributed by atoms with Gasteiger partial charge in [-0.05, 0) is 26.7 Å². The zero-order valence-corrected chi connectivity index (χ0v) is 8.34. The molecule has 4 nitrogen and oxygen atoms in total. The highest BCUT2D eigenvalue weighted by Gasteiger charge is 2.25. The lowest BCUT2D eigenvalue weighted by atomic mass is 9.88. The molecule has 0 aliphatic heterocycles. The maximum atomic E-state index is 11.2. The van der Waals surface area contributed by atoms with Crippen molar-refractivity contribution < 1.29 is 4.79 Å². The van der Waals surface area contributed by atoms with Crippen molar-refractivity contribution in [2.24, 2.45) is 5.73 Å². The van der Waals surface area contributed by atoms with Gasteiger partial charge in [0.05, 0.1) is 6.54 Å². The van der Waals surface area contributed by atoms with E-state index in [1.807, 2.05) is 13.8 Å². The average Bonchev–Trinajstić information content (AvgIpc) is 1.94. The topological polar surface area (TPSA) is 67.2 Å². The van der Waals surface area contributed by atoms with Gasteiger partial charge in [0.15, 0.2) is 0 Å². The molecule has 0 aromatic rings. The molecule has 0 bridgehead atoms. The second-order valence-corrected chi connectivity index (χ2v) is 4.03. The first-order valence-electron chi connectivity index (χ1n) is 4.86. The fraction of sp³-hybridized carbons (Fsp3) is 0.889. The molecule has 0 spiro atoms. The molecular weight excluding hydrogens is 166 g/mol. The second-order valence-electron chi connectivity index (χ2n) is 4.03. The molecule has 0 radical (unpaired) electrons. The smallest absolute Gasteiger partial charge is 0.234 e. The van der Waals surface area contributed by atoms with Crippen molar-refractivity contribution in [3.63, 3.8) is 0 Å². The summed E-state index contributed by atoms with van der Waals surface area (Å²) in [6, 6.07) is 1.01. The summed E-state index contributed by atoms with van der Waals surface area (Å²) < 4.78 is 0. The van der Waals surface area contributed by atoms with Gasteiger partial charge in [0, 0.05) is 18.1 Å². The van der Waals surface area contributed by atoms with Crippen molar-refractivity contribution in [1.82, 2.24) is 10.6 Å². The lowest BCUT2D eigenvalue weighted by Gasteiger charge is -2.33. The summed E-state index contributed by atoms with van der Waals surface area (Å²) in [5, 5.41) is 5.99. The number of nitrogens with two attached hydrogens (primary N) is 1. The zero-order chi connectivity index (χ0) is 9.84. The number of amides is 1. The van der Waals surface area contributed by atoms with E-state index in [4.69, 9.17) is 5.73 Å². The van der Waals surface area contributed by atoms with Crippen LogP contribution in [0, 0.1) is 0 Å². The molecule has 0 saturated heterocycles. The molecular formula is C9H19N3O. The number of rotatable bonds is 4. The molecule has 13 heavy (non-hydrogen) atoms. The first kappa shape index (κ1) is 10.5. The lowest BCUT2D eigenvalue weighted by molar-refractivity contribution is -0.121. The highest BCUT2D eigenvalue weighted by molar-refractivity contribution is 5.78. The van der Waals surface area contributed by atoms with Gasteiger partial charge in [0.2, 0.25) is 5.91 Å². The molecule has 1 amide bonds. The Kier molecular flexibility index (Phi) is 3.69. The van der Waals surface area contributed by atoms with E-state index in [1.54, 1.807) is 0 Å². The lowest BCUT2D eigenvalue weighted by Crippen LogP contribution is -2.51. The highest BCUT2D eigenvalue weighted by Crippen LogP contribution is 2.16. The van der Waals surface area contributed by atoms with Gasteiger partial charge in [-0.25, -0.2) is 0 Å². The zero-order valence-electron chi connectivity index (χ0n) is 8.34. The van der Waals surface area contributed by atoms with Crippen molar-refractivity contribution in [2.45, 2.75) is 44.8 Å². The van der Waals surface area contributed by atoms with Crippen LogP contribution in [0.15, 0.2) is 0 Å².